The lowest BCUT2D eigenvalue weighted by Crippen LogP contribution is -2.29. The van der Waals surface area contributed by atoms with Crippen LogP contribution in [-0.4, -0.2) is 41.5 Å². The molecule has 1 aromatic rings. The molecule has 1 aromatic heterocycles. The zero-order valence-corrected chi connectivity index (χ0v) is 12.8. The van der Waals surface area contributed by atoms with Crippen LogP contribution in [0.4, 0.5) is 0 Å². The van der Waals surface area contributed by atoms with Gasteiger partial charge in [0.25, 0.3) is 0 Å². The summed E-state index contributed by atoms with van der Waals surface area (Å²) < 4.78 is 28.4. The van der Waals surface area contributed by atoms with E-state index in [9.17, 15) is 13.2 Å². The highest BCUT2D eigenvalue weighted by Gasteiger charge is 2.41. The zero-order valence-electron chi connectivity index (χ0n) is 12.0. The maximum atomic E-state index is 12.7. The molecule has 1 aliphatic heterocycles. The van der Waals surface area contributed by atoms with Gasteiger partial charge in [-0.05, 0) is 37.7 Å². The average Bonchev–Trinajstić information content (AvgIpc) is 3.11. The van der Waals surface area contributed by atoms with Crippen LogP contribution in [0.2, 0.25) is 0 Å². The molecule has 1 N–H and O–H groups in total. The molecular formula is C14H20N2O4S. The fourth-order valence-corrected chi connectivity index (χ4v) is 5.20. The van der Waals surface area contributed by atoms with E-state index in [0.29, 0.717) is 31.5 Å². The molecule has 0 radical (unpaired) electrons. The second-order valence-electron chi connectivity index (χ2n) is 5.93. The van der Waals surface area contributed by atoms with Crippen molar-refractivity contribution in [3.63, 3.8) is 0 Å². The number of aromatic nitrogens is 1. The minimum atomic E-state index is -3.58. The highest BCUT2D eigenvalue weighted by Crippen LogP contribution is 2.39. The molecule has 7 heteroatoms. The van der Waals surface area contributed by atoms with E-state index in [0.717, 1.165) is 12.8 Å². The summed E-state index contributed by atoms with van der Waals surface area (Å²) in [4.78, 5) is 11.3. The number of hydrogen-bond donors (Lipinski definition) is 1. The van der Waals surface area contributed by atoms with Gasteiger partial charge in [0.15, 0.2) is 0 Å². The van der Waals surface area contributed by atoms with Crippen molar-refractivity contribution in [2.75, 3.05) is 13.1 Å². The molecule has 0 aromatic carbocycles. The van der Waals surface area contributed by atoms with E-state index in [2.05, 4.69) is 0 Å². The van der Waals surface area contributed by atoms with Gasteiger partial charge >= 0.3 is 5.97 Å². The second kappa shape index (κ2) is 5.14. The first-order chi connectivity index (χ1) is 9.93. The molecule has 1 saturated carbocycles. The van der Waals surface area contributed by atoms with Gasteiger partial charge < -0.3 is 9.67 Å². The number of aromatic carboxylic acids is 1. The summed E-state index contributed by atoms with van der Waals surface area (Å²) in [6.45, 7) is 3.38. The third-order valence-corrected chi connectivity index (χ3v) is 6.56. The summed E-state index contributed by atoms with van der Waals surface area (Å²) in [5.74, 6) is -0.143. The normalized spacial score (nSPS) is 26.1. The minimum Gasteiger partial charge on any atom is -0.477 e. The number of hydrogen-bond acceptors (Lipinski definition) is 3. The Kier molecular flexibility index (Phi) is 3.57. The summed E-state index contributed by atoms with van der Waals surface area (Å²) >= 11 is 0. The molecule has 0 unspecified atom stereocenters. The van der Waals surface area contributed by atoms with Crippen LogP contribution < -0.4 is 0 Å². The predicted octanol–water partition coefficient (Wildman–Crippen LogP) is 1.63. The molecule has 0 amide bonds. The Morgan fingerprint density at radius 1 is 1.33 bits per heavy atom. The number of fused-ring (bicyclic) bond motifs is 1. The van der Waals surface area contributed by atoms with Crippen LogP contribution in [0.5, 0.6) is 0 Å². The van der Waals surface area contributed by atoms with Crippen LogP contribution in [0.25, 0.3) is 0 Å². The molecule has 2 fully saturated rings. The van der Waals surface area contributed by atoms with Gasteiger partial charge in [0.1, 0.15) is 10.6 Å². The lowest BCUT2D eigenvalue weighted by atomic mass is 10.0. The van der Waals surface area contributed by atoms with Crippen LogP contribution in [0.3, 0.4) is 0 Å². The standard InChI is InChI=1S/C14H20N2O4S/c1-2-15-9-12(6-13(15)14(17)18)21(19,20)16-7-10-4-3-5-11(10)8-16/h6,9-11H,2-5,7-8H2,1H3,(H,17,18)/t10-,11-/m0/s1. The van der Waals surface area contributed by atoms with Gasteiger partial charge in [-0.15, -0.1) is 0 Å². The van der Waals surface area contributed by atoms with E-state index in [1.807, 2.05) is 0 Å². The number of rotatable bonds is 4. The van der Waals surface area contributed by atoms with Crippen molar-refractivity contribution in [3.8, 4) is 0 Å². The fourth-order valence-electron chi connectivity index (χ4n) is 3.60. The quantitative estimate of drug-likeness (QED) is 0.916. The van der Waals surface area contributed by atoms with Crippen molar-refractivity contribution in [2.24, 2.45) is 11.8 Å². The zero-order chi connectivity index (χ0) is 15.2. The topological polar surface area (TPSA) is 79.6 Å². The first kappa shape index (κ1) is 14.6. The van der Waals surface area contributed by atoms with E-state index in [4.69, 9.17) is 5.11 Å². The lowest BCUT2D eigenvalue weighted by Gasteiger charge is -2.16. The van der Waals surface area contributed by atoms with Gasteiger partial charge in [0, 0.05) is 25.8 Å². The third kappa shape index (κ3) is 2.38. The number of carboxylic acids is 1. The van der Waals surface area contributed by atoms with Crippen molar-refractivity contribution in [3.05, 3.63) is 18.0 Å². The first-order valence-corrected chi connectivity index (χ1v) is 8.81. The minimum absolute atomic E-state index is 0.0236. The molecule has 2 heterocycles. The van der Waals surface area contributed by atoms with Gasteiger partial charge in [-0.3, -0.25) is 0 Å². The van der Waals surface area contributed by atoms with E-state index in [-0.39, 0.29) is 10.6 Å². The maximum Gasteiger partial charge on any atom is 0.352 e. The Labute approximate surface area is 124 Å². The van der Waals surface area contributed by atoms with Crippen LogP contribution >= 0.6 is 0 Å². The molecule has 2 aliphatic rings. The predicted molar refractivity (Wildman–Crippen MR) is 76.7 cm³/mol. The van der Waals surface area contributed by atoms with Crippen molar-refractivity contribution in [1.29, 1.82) is 0 Å². The molecule has 116 valence electrons. The SMILES string of the molecule is CCn1cc(S(=O)(=O)N2C[C@@H]3CCC[C@H]3C2)cc1C(=O)O. The highest BCUT2D eigenvalue weighted by atomic mass is 32.2. The van der Waals surface area contributed by atoms with E-state index >= 15 is 0 Å². The Morgan fingerprint density at radius 2 is 1.95 bits per heavy atom. The molecule has 1 saturated heterocycles. The number of carboxylic acid groups (broad SMARTS) is 1. The molecule has 0 spiro atoms. The molecule has 1 aliphatic carbocycles. The van der Waals surface area contributed by atoms with Gasteiger partial charge in [0.2, 0.25) is 10.0 Å². The molecule has 0 bridgehead atoms. The third-order valence-electron chi connectivity index (χ3n) is 4.76. The summed E-state index contributed by atoms with van der Waals surface area (Å²) in [6.07, 6.45) is 4.84. The first-order valence-electron chi connectivity index (χ1n) is 7.37. The highest BCUT2D eigenvalue weighted by molar-refractivity contribution is 7.89. The second-order valence-corrected chi connectivity index (χ2v) is 7.86. The molecule has 21 heavy (non-hydrogen) atoms. The van der Waals surface area contributed by atoms with Gasteiger partial charge in [-0.1, -0.05) is 6.42 Å². The van der Waals surface area contributed by atoms with Crippen molar-refractivity contribution >= 4 is 16.0 Å². The van der Waals surface area contributed by atoms with Crippen LogP contribution in [-0.2, 0) is 16.6 Å². The van der Waals surface area contributed by atoms with Crippen LogP contribution in [0.1, 0.15) is 36.7 Å². The van der Waals surface area contributed by atoms with Crippen molar-refractivity contribution in [1.82, 2.24) is 8.87 Å². The molecule has 3 rings (SSSR count). The molecular weight excluding hydrogens is 292 g/mol. The smallest absolute Gasteiger partial charge is 0.352 e. The fraction of sp³-hybridized carbons (Fsp3) is 0.643. The van der Waals surface area contributed by atoms with Crippen LogP contribution in [0, 0.1) is 11.8 Å². The Morgan fingerprint density at radius 3 is 2.43 bits per heavy atom. The largest absolute Gasteiger partial charge is 0.477 e. The number of nitrogens with zero attached hydrogens (tertiary/aromatic N) is 2. The monoisotopic (exact) mass is 312 g/mol. The van der Waals surface area contributed by atoms with Gasteiger partial charge in [0.05, 0.1) is 0 Å². The summed E-state index contributed by atoms with van der Waals surface area (Å²) in [6, 6.07) is 1.27. The van der Waals surface area contributed by atoms with E-state index < -0.39 is 16.0 Å². The summed E-state index contributed by atoms with van der Waals surface area (Å²) in [5, 5.41) is 9.14. The van der Waals surface area contributed by atoms with E-state index in [1.165, 1.54) is 27.6 Å². The maximum absolute atomic E-state index is 12.7. The van der Waals surface area contributed by atoms with Crippen molar-refractivity contribution in [2.45, 2.75) is 37.6 Å². The molecule has 2 atom stereocenters. The van der Waals surface area contributed by atoms with Crippen LogP contribution in [0.15, 0.2) is 17.2 Å². The molecule has 6 nitrogen and oxygen atoms in total. The lowest BCUT2D eigenvalue weighted by molar-refractivity contribution is 0.0685. The summed E-state index contributed by atoms with van der Waals surface area (Å²) in [7, 11) is -3.58. The Balaban J connectivity index is 1.90. The van der Waals surface area contributed by atoms with E-state index in [1.54, 1.807) is 6.92 Å². The number of aryl methyl sites for hydroxylation is 1. The number of carbonyl (C=O) groups is 1. The Hall–Kier alpha value is -1.34. The average molecular weight is 312 g/mol. The van der Waals surface area contributed by atoms with Gasteiger partial charge in [-0.2, -0.15) is 4.31 Å². The Bertz CT molecular complexity index is 653. The number of sulfonamides is 1. The van der Waals surface area contributed by atoms with Crippen molar-refractivity contribution < 1.29 is 18.3 Å². The summed E-state index contributed by atoms with van der Waals surface area (Å²) in [5.41, 5.74) is 0.0236. The van der Waals surface area contributed by atoms with Gasteiger partial charge in [-0.25, -0.2) is 13.2 Å².